The fourth-order valence-electron chi connectivity index (χ4n) is 5.35. The number of aldehydes is 1. The molecule has 1 saturated heterocycles. The molecule has 202 valence electrons. The topological polar surface area (TPSA) is 61.8 Å². The third kappa shape index (κ3) is 5.66. The zero-order chi connectivity index (χ0) is 27.7. The minimum absolute atomic E-state index is 0.0254. The highest BCUT2D eigenvalue weighted by molar-refractivity contribution is 6.27. The van der Waals surface area contributed by atoms with E-state index in [9.17, 15) is 14.0 Å². The quantitative estimate of drug-likeness (QED) is 0.207. The van der Waals surface area contributed by atoms with Crippen LogP contribution in [0.1, 0.15) is 47.1 Å². The summed E-state index contributed by atoms with van der Waals surface area (Å²) >= 11 is 0. The van der Waals surface area contributed by atoms with Crippen molar-refractivity contribution in [2.75, 3.05) is 19.8 Å². The van der Waals surface area contributed by atoms with Gasteiger partial charge in [0.05, 0.1) is 19.8 Å². The summed E-state index contributed by atoms with van der Waals surface area (Å²) < 4.78 is 32.2. The lowest BCUT2D eigenvalue weighted by atomic mass is 9.90. The van der Waals surface area contributed by atoms with Gasteiger partial charge >= 0.3 is 0 Å². The van der Waals surface area contributed by atoms with E-state index in [4.69, 9.17) is 14.2 Å². The molecule has 0 bridgehead atoms. The molecular weight excluding hydrogens is 495 g/mol. The molecule has 0 unspecified atom stereocenters. The van der Waals surface area contributed by atoms with Gasteiger partial charge in [0.2, 0.25) is 0 Å². The number of rotatable bonds is 11. The van der Waals surface area contributed by atoms with Crippen LogP contribution in [-0.4, -0.2) is 31.9 Å². The fourth-order valence-corrected chi connectivity index (χ4v) is 5.35. The van der Waals surface area contributed by atoms with E-state index in [-0.39, 0.29) is 35.5 Å². The Morgan fingerprint density at radius 1 is 1.08 bits per heavy atom. The van der Waals surface area contributed by atoms with Crippen LogP contribution in [0.5, 0.6) is 11.5 Å². The fraction of sp³-hybridized carbons (Fsp3) is 0.333. The molecule has 3 aromatic carbocycles. The molecule has 0 spiro atoms. The van der Waals surface area contributed by atoms with Crippen LogP contribution in [0, 0.1) is 31.0 Å². The second kappa shape index (κ2) is 10.8. The van der Waals surface area contributed by atoms with E-state index in [1.54, 1.807) is 12.1 Å². The van der Waals surface area contributed by atoms with Crippen LogP contribution in [0.15, 0.2) is 55.1 Å². The highest BCUT2D eigenvalue weighted by atomic mass is 19.1. The molecule has 5 nitrogen and oxygen atoms in total. The molecule has 1 heterocycles. The van der Waals surface area contributed by atoms with Crippen molar-refractivity contribution in [3.63, 3.8) is 0 Å². The van der Waals surface area contributed by atoms with Crippen molar-refractivity contribution in [1.29, 1.82) is 0 Å². The number of hydrogen-bond acceptors (Lipinski definition) is 5. The normalized spacial score (nSPS) is 19.1. The molecule has 1 saturated carbocycles. The van der Waals surface area contributed by atoms with Crippen molar-refractivity contribution in [2.45, 2.75) is 39.7 Å². The van der Waals surface area contributed by atoms with Gasteiger partial charge in [0.1, 0.15) is 23.9 Å². The predicted octanol–water partition coefficient (Wildman–Crippen LogP) is 6.62. The summed E-state index contributed by atoms with van der Waals surface area (Å²) in [4.78, 5) is 22.5. The van der Waals surface area contributed by atoms with Gasteiger partial charge < -0.3 is 14.2 Å². The summed E-state index contributed by atoms with van der Waals surface area (Å²) in [6, 6.07) is 14.7. The Balaban J connectivity index is 1.30. The molecule has 2 fully saturated rings. The summed E-state index contributed by atoms with van der Waals surface area (Å²) in [7, 11) is 0. The minimum atomic E-state index is -0.364. The first-order valence-electron chi connectivity index (χ1n) is 13.2. The van der Waals surface area contributed by atoms with E-state index >= 15 is 0 Å². The largest absolute Gasteiger partial charge is 0.493 e. The van der Waals surface area contributed by atoms with Gasteiger partial charge in [-0.2, -0.15) is 0 Å². The highest BCUT2D eigenvalue weighted by Crippen LogP contribution is 2.49. The van der Waals surface area contributed by atoms with Crippen LogP contribution in [0.2, 0.25) is 0 Å². The summed E-state index contributed by atoms with van der Waals surface area (Å²) in [5.41, 5.74) is 6.40. The molecule has 5 rings (SSSR count). The van der Waals surface area contributed by atoms with Crippen molar-refractivity contribution in [2.24, 2.45) is 11.3 Å². The lowest BCUT2D eigenvalue weighted by molar-refractivity contribution is -0.130. The monoisotopic (exact) mass is 528 g/mol. The molecular formula is C33H33FO5. The maximum Gasteiger partial charge on any atom is 0.198 e. The Morgan fingerprint density at radius 2 is 1.82 bits per heavy atom. The molecule has 2 atom stereocenters. The summed E-state index contributed by atoms with van der Waals surface area (Å²) in [6.07, 6.45) is 2.77. The lowest BCUT2D eigenvalue weighted by Crippen LogP contribution is -2.44. The first-order chi connectivity index (χ1) is 18.7. The van der Waals surface area contributed by atoms with Crippen molar-refractivity contribution >= 4 is 18.1 Å². The molecule has 0 amide bonds. The van der Waals surface area contributed by atoms with Crippen LogP contribution < -0.4 is 9.47 Å². The standard InChI is InChI=1S/C33H33FO5/c1-5-22-13-25(7-8-27(22)28-14-29(28)31(36)15-35)38-16-24-12-23(6-9-30(24)34)32-20(2)10-26(11-21(32)3)39-19-33(4)17-37-18-33/h5-13,15,28-29H,1,14,16-19H2,2-4H3/t28-,29+/m1/s1. The number of benzene rings is 3. The average Bonchev–Trinajstić information content (AvgIpc) is 3.70. The van der Waals surface area contributed by atoms with Gasteiger partial charge in [0, 0.05) is 16.9 Å². The first-order valence-corrected chi connectivity index (χ1v) is 13.2. The molecule has 1 aliphatic carbocycles. The van der Waals surface area contributed by atoms with Crippen LogP contribution >= 0.6 is 0 Å². The van der Waals surface area contributed by atoms with E-state index < -0.39 is 0 Å². The average molecular weight is 529 g/mol. The maximum absolute atomic E-state index is 14.8. The zero-order valence-electron chi connectivity index (χ0n) is 22.6. The van der Waals surface area contributed by atoms with Gasteiger partial charge in [-0.3, -0.25) is 9.59 Å². The minimum Gasteiger partial charge on any atom is -0.493 e. The van der Waals surface area contributed by atoms with Gasteiger partial charge in [-0.25, -0.2) is 4.39 Å². The second-order valence-electron chi connectivity index (χ2n) is 11.1. The molecule has 1 aliphatic heterocycles. The Kier molecular flexibility index (Phi) is 7.41. The number of halogens is 1. The molecule has 6 heteroatoms. The number of ketones is 1. The van der Waals surface area contributed by atoms with Gasteiger partial charge in [0.25, 0.3) is 0 Å². The Morgan fingerprint density at radius 3 is 2.46 bits per heavy atom. The summed E-state index contributed by atoms with van der Waals surface area (Å²) in [5.74, 6) is 0.476. The number of Topliss-reactive ketones (excluding diaryl/α,β-unsaturated/α-hetero) is 1. The van der Waals surface area contributed by atoms with E-state index in [1.165, 1.54) is 6.07 Å². The van der Waals surface area contributed by atoms with Crippen LogP contribution in [0.25, 0.3) is 17.2 Å². The Bertz CT molecular complexity index is 1410. The number of aryl methyl sites for hydroxylation is 2. The molecule has 2 aliphatic rings. The number of ether oxygens (including phenoxy) is 3. The van der Waals surface area contributed by atoms with E-state index in [0.717, 1.165) is 39.1 Å². The third-order valence-electron chi connectivity index (χ3n) is 7.67. The van der Waals surface area contributed by atoms with Crippen LogP contribution in [-0.2, 0) is 20.9 Å². The van der Waals surface area contributed by atoms with E-state index in [2.05, 4.69) is 13.5 Å². The van der Waals surface area contributed by atoms with Crippen LogP contribution in [0.4, 0.5) is 4.39 Å². The highest BCUT2D eigenvalue weighted by Gasteiger charge is 2.44. The Labute approximate surface area is 228 Å². The van der Waals surface area contributed by atoms with Gasteiger partial charge in [-0.05, 0) is 96.0 Å². The lowest BCUT2D eigenvalue weighted by Gasteiger charge is -2.37. The number of carbonyl (C=O) groups excluding carboxylic acids is 2. The van der Waals surface area contributed by atoms with Gasteiger partial charge in [0.15, 0.2) is 12.1 Å². The Hall–Kier alpha value is -3.77. The SMILES string of the molecule is C=Cc1cc(OCc2cc(-c3c(C)cc(OCC4(C)COC4)cc3C)ccc2F)ccc1[C@H]1C[C@@H]1C(=O)C=O. The number of hydrogen-bond donors (Lipinski definition) is 0. The smallest absolute Gasteiger partial charge is 0.198 e. The third-order valence-corrected chi connectivity index (χ3v) is 7.67. The van der Waals surface area contributed by atoms with E-state index in [0.29, 0.717) is 43.8 Å². The van der Waals surface area contributed by atoms with Crippen molar-refractivity contribution in [1.82, 2.24) is 0 Å². The molecule has 3 aromatic rings. The molecule has 0 aromatic heterocycles. The molecule has 39 heavy (non-hydrogen) atoms. The van der Waals surface area contributed by atoms with Gasteiger partial charge in [-0.15, -0.1) is 0 Å². The molecule has 0 radical (unpaired) electrons. The van der Waals surface area contributed by atoms with E-state index in [1.807, 2.05) is 50.2 Å². The van der Waals surface area contributed by atoms with Crippen molar-refractivity contribution in [3.8, 4) is 22.6 Å². The van der Waals surface area contributed by atoms with Gasteiger partial charge in [-0.1, -0.05) is 31.7 Å². The van der Waals surface area contributed by atoms with Crippen molar-refractivity contribution < 1.29 is 28.2 Å². The number of carbonyl (C=O) groups is 2. The first kappa shape index (κ1) is 26.8. The summed E-state index contributed by atoms with van der Waals surface area (Å²) in [6.45, 7) is 12.2. The maximum atomic E-state index is 14.8. The predicted molar refractivity (Wildman–Crippen MR) is 149 cm³/mol. The van der Waals surface area contributed by atoms with Crippen LogP contribution in [0.3, 0.4) is 0 Å². The second-order valence-corrected chi connectivity index (χ2v) is 11.1. The molecule has 0 N–H and O–H groups in total. The zero-order valence-corrected chi connectivity index (χ0v) is 22.6. The van der Waals surface area contributed by atoms with Crippen molar-refractivity contribution in [3.05, 3.63) is 88.7 Å². The summed E-state index contributed by atoms with van der Waals surface area (Å²) in [5, 5.41) is 0.